The van der Waals surface area contributed by atoms with Gasteiger partial charge in [-0.15, -0.1) is 0 Å². The van der Waals surface area contributed by atoms with Gasteiger partial charge in [0.25, 0.3) is 0 Å². The average Bonchev–Trinajstić information content (AvgIpc) is 2.28. The summed E-state index contributed by atoms with van der Waals surface area (Å²) in [5, 5.41) is 0. The molecule has 0 rings (SSSR count). The molecule has 0 aromatic carbocycles. The molecule has 4 heteroatoms. The van der Waals surface area contributed by atoms with Crippen molar-refractivity contribution in [3.63, 3.8) is 0 Å². The van der Waals surface area contributed by atoms with Crippen molar-refractivity contribution < 1.29 is 19.1 Å². The third-order valence-electron chi connectivity index (χ3n) is 2.62. The third-order valence-corrected chi connectivity index (χ3v) is 2.62. The minimum atomic E-state index is -0.263. The molecule has 0 spiro atoms. The minimum Gasteiger partial charge on any atom is -0.462 e. The standard InChI is InChI=1S/C15H28O4/c1-12(2)14(17)19-11-10-18-13(16)8-6-7-9-15(3,4)5/h12H,6-11H2,1-5H3. The molecule has 0 unspecified atom stereocenters. The molecule has 0 fully saturated rings. The predicted octanol–water partition coefficient (Wildman–Crippen LogP) is 3.34. The first kappa shape index (κ1) is 17.9. The van der Waals surface area contributed by atoms with Crippen molar-refractivity contribution in [1.29, 1.82) is 0 Å². The Morgan fingerprint density at radius 3 is 2.11 bits per heavy atom. The molecule has 0 saturated heterocycles. The van der Waals surface area contributed by atoms with Crippen LogP contribution in [0.3, 0.4) is 0 Å². The van der Waals surface area contributed by atoms with Gasteiger partial charge in [-0.05, 0) is 18.3 Å². The summed E-state index contributed by atoms with van der Waals surface area (Å²) in [5.41, 5.74) is 0.314. The maximum absolute atomic E-state index is 11.4. The summed E-state index contributed by atoms with van der Waals surface area (Å²) < 4.78 is 9.90. The van der Waals surface area contributed by atoms with Crippen LogP contribution < -0.4 is 0 Å². The Bertz CT molecular complexity index is 276. The number of hydrogen-bond donors (Lipinski definition) is 0. The summed E-state index contributed by atoms with van der Waals surface area (Å²) >= 11 is 0. The molecular weight excluding hydrogens is 244 g/mol. The molecular formula is C15H28O4. The zero-order valence-corrected chi connectivity index (χ0v) is 13.0. The second kappa shape index (κ2) is 8.94. The van der Waals surface area contributed by atoms with E-state index in [1.807, 2.05) is 0 Å². The molecule has 0 aliphatic rings. The molecule has 0 N–H and O–H groups in total. The van der Waals surface area contributed by atoms with Gasteiger partial charge in [0.2, 0.25) is 0 Å². The molecule has 0 atom stereocenters. The van der Waals surface area contributed by atoms with Gasteiger partial charge in [0.1, 0.15) is 13.2 Å². The van der Waals surface area contributed by atoms with Gasteiger partial charge >= 0.3 is 11.9 Å². The maximum atomic E-state index is 11.4. The zero-order chi connectivity index (χ0) is 14.9. The lowest BCUT2D eigenvalue weighted by Gasteiger charge is -2.17. The number of carbonyl (C=O) groups excluding carboxylic acids is 2. The van der Waals surface area contributed by atoms with Crippen LogP contribution in [0.2, 0.25) is 0 Å². The lowest BCUT2D eigenvalue weighted by Crippen LogP contribution is -2.17. The number of ether oxygens (including phenoxy) is 2. The molecule has 19 heavy (non-hydrogen) atoms. The topological polar surface area (TPSA) is 52.6 Å². The fraction of sp³-hybridized carbons (Fsp3) is 0.867. The molecule has 4 nitrogen and oxygen atoms in total. The number of unbranched alkanes of at least 4 members (excludes halogenated alkanes) is 1. The fourth-order valence-electron chi connectivity index (χ4n) is 1.46. The Hall–Kier alpha value is -1.06. The Morgan fingerprint density at radius 1 is 1.00 bits per heavy atom. The highest BCUT2D eigenvalue weighted by Gasteiger charge is 2.11. The predicted molar refractivity (Wildman–Crippen MR) is 74.7 cm³/mol. The molecule has 112 valence electrons. The van der Waals surface area contributed by atoms with Gasteiger partial charge in [-0.2, -0.15) is 0 Å². The zero-order valence-electron chi connectivity index (χ0n) is 13.0. The summed E-state index contributed by atoms with van der Waals surface area (Å²) in [6.45, 7) is 10.4. The Kier molecular flexibility index (Phi) is 8.44. The number of carbonyl (C=O) groups is 2. The van der Waals surface area contributed by atoms with Gasteiger partial charge in [0.15, 0.2) is 0 Å². The van der Waals surface area contributed by atoms with Crippen molar-refractivity contribution in [3.8, 4) is 0 Å². The van der Waals surface area contributed by atoms with Crippen LogP contribution in [0.1, 0.15) is 60.3 Å². The molecule has 0 heterocycles. The summed E-state index contributed by atoms with van der Waals surface area (Å²) in [6.07, 6.45) is 3.42. The van der Waals surface area contributed by atoms with Crippen LogP contribution in [0.25, 0.3) is 0 Å². The maximum Gasteiger partial charge on any atom is 0.308 e. The van der Waals surface area contributed by atoms with Gasteiger partial charge < -0.3 is 9.47 Å². The van der Waals surface area contributed by atoms with Crippen molar-refractivity contribution in [3.05, 3.63) is 0 Å². The van der Waals surface area contributed by atoms with Crippen molar-refractivity contribution in [2.75, 3.05) is 13.2 Å². The first-order chi connectivity index (χ1) is 8.72. The summed E-state index contributed by atoms with van der Waals surface area (Å²) in [4.78, 5) is 22.5. The Balaban J connectivity index is 3.48. The molecule has 0 aromatic rings. The SMILES string of the molecule is CC(C)C(=O)OCCOC(=O)CCCCC(C)(C)C. The van der Waals surface area contributed by atoms with Gasteiger partial charge in [-0.25, -0.2) is 0 Å². The lowest BCUT2D eigenvalue weighted by atomic mass is 9.89. The van der Waals surface area contributed by atoms with E-state index in [2.05, 4.69) is 20.8 Å². The monoisotopic (exact) mass is 272 g/mol. The van der Waals surface area contributed by atoms with E-state index < -0.39 is 0 Å². The van der Waals surface area contributed by atoms with E-state index >= 15 is 0 Å². The highest BCUT2D eigenvalue weighted by molar-refractivity contribution is 5.71. The number of esters is 2. The largest absolute Gasteiger partial charge is 0.462 e. The molecule has 0 amide bonds. The highest BCUT2D eigenvalue weighted by Crippen LogP contribution is 2.21. The second-order valence-corrected chi connectivity index (χ2v) is 6.31. The van der Waals surface area contributed by atoms with Gasteiger partial charge in [-0.3, -0.25) is 9.59 Å². The van der Waals surface area contributed by atoms with Crippen LogP contribution in [0.4, 0.5) is 0 Å². The van der Waals surface area contributed by atoms with Crippen molar-refractivity contribution in [1.82, 2.24) is 0 Å². The van der Waals surface area contributed by atoms with Crippen molar-refractivity contribution in [2.24, 2.45) is 11.3 Å². The first-order valence-corrected chi connectivity index (χ1v) is 7.04. The van der Waals surface area contributed by atoms with Crippen LogP contribution in [0.5, 0.6) is 0 Å². The number of hydrogen-bond acceptors (Lipinski definition) is 4. The van der Waals surface area contributed by atoms with Crippen LogP contribution in [0, 0.1) is 11.3 Å². The van der Waals surface area contributed by atoms with Crippen molar-refractivity contribution in [2.45, 2.75) is 60.3 Å². The van der Waals surface area contributed by atoms with Crippen LogP contribution in [0.15, 0.2) is 0 Å². The molecule has 0 radical (unpaired) electrons. The molecule has 0 aliphatic carbocycles. The summed E-state index contributed by atoms with van der Waals surface area (Å²) in [7, 11) is 0. The van der Waals surface area contributed by atoms with Gasteiger partial charge in [0, 0.05) is 6.42 Å². The van der Waals surface area contributed by atoms with Crippen LogP contribution >= 0.6 is 0 Å². The number of rotatable bonds is 8. The average molecular weight is 272 g/mol. The third kappa shape index (κ3) is 11.7. The van der Waals surface area contributed by atoms with Crippen molar-refractivity contribution >= 4 is 11.9 Å². The fourth-order valence-corrected chi connectivity index (χ4v) is 1.46. The summed E-state index contributed by atoms with van der Waals surface area (Å²) in [5.74, 6) is -0.621. The van der Waals surface area contributed by atoms with E-state index in [1.54, 1.807) is 13.8 Å². The van der Waals surface area contributed by atoms with Gasteiger partial charge in [-0.1, -0.05) is 41.0 Å². The molecule has 0 bridgehead atoms. The summed E-state index contributed by atoms with van der Waals surface area (Å²) in [6, 6.07) is 0. The van der Waals surface area contributed by atoms with Gasteiger partial charge in [0.05, 0.1) is 5.92 Å². The molecule has 0 aromatic heterocycles. The first-order valence-electron chi connectivity index (χ1n) is 7.04. The highest BCUT2D eigenvalue weighted by atomic mass is 16.6. The minimum absolute atomic E-state index is 0.144. The molecule has 0 saturated carbocycles. The lowest BCUT2D eigenvalue weighted by molar-refractivity contribution is -0.154. The van der Waals surface area contributed by atoms with Crippen LogP contribution in [-0.2, 0) is 19.1 Å². The Morgan fingerprint density at radius 2 is 1.58 bits per heavy atom. The Labute approximate surface area is 116 Å². The van der Waals surface area contributed by atoms with E-state index in [0.717, 1.165) is 19.3 Å². The second-order valence-electron chi connectivity index (χ2n) is 6.31. The van der Waals surface area contributed by atoms with E-state index in [9.17, 15) is 9.59 Å². The van der Waals surface area contributed by atoms with E-state index in [1.165, 1.54) is 0 Å². The van der Waals surface area contributed by atoms with Crippen LogP contribution in [-0.4, -0.2) is 25.2 Å². The molecule has 0 aliphatic heterocycles. The van der Waals surface area contributed by atoms with E-state index in [4.69, 9.17) is 9.47 Å². The normalized spacial score (nSPS) is 11.5. The smallest absolute Gasteiger partial charge is 0.308 e. The van der Waals surface area contributed by atoms with E-state index in [0.29, 0.717) is 11.8 Å². The quantitative estimate of drug-likeness (QED) is 0.502. The van der Waals surface area contributed by atoms with E-state index in [-0.39, 0.29) is 31.1 Å².